The molecule has 4 heterocycles. The fourth-order valence-electron chi connectivity index (χ4n) is 3.34. The van der Waals surface area contributed by atoms with Gasteiger partial charge in [-0.1, -0.05) is 0 Å². The number of carbonyl (C=O) groups excluding carboxylic acids is 1. The second kappa shape index (κ2) is 7.51. The largest absolute Gasteiger partial charge is 0.381 e. The summed E-state index contributed by atoms with van der Waals surface area (Å²) >= 11 is 0. The minimum Gasteiger partial charge on any atom is -0.381 e. The molecule has 0 aliphatic carbocycles. The van der Waals surface area contributed by atoms with Crippen LogP contribution in [0.1, 0.15) is 23.2 Å². The lowest BCUT2D eigenvalue weighted by atomic mass is 10.1. The smallest absolute Gasteiger partial charge is 0.253 e. The van der Waals surface area contributed by atoms with Crippen molar-refractivity contribution in [1.29, 1.82) is 0 Å². The first-order valence-electron chi connectivity index (χ1n) is 9.25. The third-order valence-corrected chi connectivity index (χ3v) is 5.01. The molecule has 0 saturated carbocycles. The number of amides is 1. The third-order valence-electron chi connectivity index (χ3n) is 5.01. The number of pyridine rings is 1. The summed E-state index contributed by atoms with van der Waals surface area (Å²) in [6.07, 6.45) is 3.57. The molecule has 4 rings (SSSR count). The Morgan fingerprint density at radius 1 is 1.18 bits per heavy atom. The highest BCUT2D eigenvalue weighted by Gasteiger charge is 2.24. The van der Waals surface area contributed by atoms with Gasteiger partial charge in [-0.25, -0.2) is 0 Å². The van der Waals surface area contributed by atoms with Crippen LogP contribution in [0.15, 0.2) is 30.5 Å². The molecule has 1 aliphatic rings. The van der Waals surface area contributed by atoms with Gasteiger partial charge in [-0.2, -0.15) is 4.52 Å². The van der Waals surface area contributed by atoms with Crippen molar-refractivity contribution < 1.29 is 9.53 Å². The lowest BCUT2D eigenvalue weighted by Gasteiger charge is -2.31. The molecule has 9 heteroatoms. The van der Waals surface area contributed by atoms with Gasteiger partial charge in [0.05, 0.1) is 6.10 Å². The molecule has 0 bridgehead atoms. The van der Waals surface area contributed by atoms with Crippen molar-refractivity contribution in [2.75, 3.05) is 39.2 Å². The highest BCUT2D eigenvalue weighted by atomic mass is 16.5. The Kier molecular flexibility index (Phi) is 4.91. The van der Waals surface area contributed by atoms with Crippen molar-refractivity contribution in [1.82, 2.24) is 29.7 Å². The summed E-state index contributed by atoms with van der Waals surface area (Å²) in [5.41, 5.74) is 1.77. The van der Waals surface area contributed by atoms with E-state index in [1.165, 1.54) is 0 Å². The van der Waals surface area contributed by atoms with E-state index in [0.717, 1.165) is 18.7 Å². The van der Waals surface area contributed by atoms with Crippen LogP contribution >= 0.6 is 0 Å². The van der Waals surface area contributed by atoms with Gasteiger partial charge in [0, 0.05) is 46.1 Å². The summed E-state index contributed by atoms with van der Waals surface area (Å²) in [6.45, 7) is 1.38. The van der Waals surface area contributed by atoms with Crippen molar-refractivity contribution in [3.8, 4) is 11.5 Å². The molecule has 0 atom stereocenters. The van der Waals surface area contributed by atoms with Crippen molar-refractivity contribution in [3.05, 3.63) is 36.0 Å². The fraction of sp³-hybridized carbons (Fsp3) is 0.421. The molecule has 1 amide bonds. The van der Waals surface area contributed by atoms with Gasteiger partial charge in [-0.05, 0) is 37.1 Å². The summed E-state index contributed by atoms with van der Waals surface area (Å²) in [6, 6.07) is 7.22. The number of piperidine rings is 1. The van der Waals surface area contributed by atoms with Gasteiger partial charge in [-0.15, -0.1) is 15.3 Å². The maximum atomic E-state index is 12.9. The monoisotopic (exact) mass is 381 g/mol. The van der Waals surface area contributed by atoms with E-state index >= 15 is 0 Å². The molecule has 0 spiro atoms. The minimum atomic E-state index is -0.00559. The summed E-state index contributed by atoms with van der Waals surface area (Å²) in [4.78, 5) is 21.1. The van der Waals surface area contributed by atoms with Gasteiger partial charge in [0.15, 0.2) is 5.65 Å². The van der Waals surface area contributed by atoms with E-state index in [9.17, 15) is 4.79 Å². The SMILES string of the molecule is COC1CCN(C(=O)c2ccnc(-c3nnc4ccc(N(C)C)nn34)c2)CC1. The Morgan fingerprint density at radius 2 is 1.96 bits per heavy atom. The maximum Gasteiger partial charge on any atom is 0.253 e. The summed E-state index contributed by atoms with van der Waals surface area (Å²) in [7, 11) is 5.56. The van der Waals surface area contributed by atoms with E-state index in [4.69, 9.17) is 4.74 Å². The highest BCUT2D eigenvalue weighted by molar-refractivity contribution is 5.95. The first kappa shape index (κ1) is 18.3. The number of aromatic nitrogens is 5. The molecular weight excluding hydrogens is 358 g/mol. The summed E-state index contributed by atoms with van der Waals surface area (Å²) < 4.78 is 7.03. The normalized spacial score (nSPS) is 15.2. The molecule has 0 aromatic carbocycles. The number of ether oxygens (including phenoxy) is 1. The average Bonchev–Trinajstić information content (AvgIpc) is 3.16. The molecule has 0 radical (unpaired) electrons. The van der Waals surface area contributed by atoms with Crippen molar-refractivity contribution >= 4 is 17.4 Å². The number of nitrogens with zero attached hydrogens (tertiary/aromatic N) is 7. The minimum absolute atomic E-state index is 0.00559. The molecule has 3 aromatic rings. The van der Waals surface area contributed by atoms with Crippen molar-refractivity contribution in [2.45, 2.75) is 18.9 Å². The molecule has 1 fully saturated rings. The first-order valence-corrected chi connectivity index (χ1v) is 9.25. The lowest BCUT2D eigenvalue weighted by molar-refractivity contribution is 0.0350. The average molecular weight is 381 g/mol. The standard InChI is InChI=1S/C19H23N7O2/c1-24(2)17-5-4-16-21-22-18(26(16)23-17)15-12-13(6-9-20-15)19(27)25-10-7-14(28-3)8-11-25/h4-6,9,12,14H,7-8,10-11H2,1-3H3. The zero-order valence-electron chi connectivity index (χ0n) is 16.2. The van der Waals surface area contributed by atoms with Crippen molar-refractivity contribution in [3.63, 3.8) is 0 Å². The number of hydrogen-bond donors (Lipinski definition) is 0. The fourth-order valence-corrected chi connectivity index (χ4v) is 3.34. The second-order valence-corrected chi connectivity index (χ2v) is 7.04. The van der Waals surface area contributed by atoms with Gasteiger partial charge >= 0.3 is 0 Å². The Bertz CT molecular complexity index is 993. The van der Waals surface area contributed by atoms with Crippen LogP contribution in [0.4, 0.5) is 5.82 Å². The van der Waals surface area contributed by atoms with Crippen LogP contribution in [-0.4, -0.2) is 76.0 Å². The van der Waals surface area contributed by atoms with Crippen LogP contribution in [0.5, 0.6) is 0 Å². The molecule has 3 aromatic heterocycles. The predicted molar refractivity (Wildman–Crippen MR) is 104 cm³/mol. The number of likely N-dealkylation sites (tertiary alicyclic amines) is 1. The van der Waals surface area contributed by atoms with E-state index in [1.54, 1.807) is 30.0 Å². The van der Waals surface area contributed by atoms with E-state index in [-0.39, 0.29) is 12.0 Å². The number of hydrogen-bond acceptors (Lipinski definition) is 7. The molecule has 28 heavy (non-hydrogen) atoms. The Morgan fingerprint density at radius 3 is 2.68 bits per heavy atom. The zero-order valence-corrected chi connectivity index (χ0v) is 16.2. The van der Waals surface area contributed by atoms with Crippen LogP contribution < -0.4 is 4.90 Å². The molecule has 1 saturated heterocycles. The van der Waals surface area contributed by atoms with Crippen LogP contribution in [0.25, 0.3) is 17.2 Å². The van der Waals surface area contributed by atoms with Gasteiger partial charge < -0.3 is 14.5 Å². The summed E-state index contributed by atoms with van der Waals surface area (Å²) in [5.74, 6) is 1.28. The second-order valence-electron chi connectivity index (χ2n) is 7.04. The third kappa shape index (κ3) is 3.40. The van der Waals surface area contributed by atoms with Crippen LogP contribution in [-0.2, 0) is 4.74 Å². The summed E-state index contributed by atoms with van der Waals surface area (Å²) in [5, 5.41) is 12.9. The van der Waals surface area contributed by atoms with Crippen LogP contribution in [0.3, 0.4) is 0 Å². The molecule has 9 nitrogen and oxygen atoms in total. The maximum absolute atomic E-state index is 12.9. The van der Waals surface area contributed by atoms with Gasteiger partial charge in [0.25, 0.3) is 5.91 Å². The Balaban J connectivity index is 1.63. The Hall–Kier alpha value is -3.07. The van der Waals surface area contributed by atoms with Crippen LogP contribution in [0, 0.1) is 0 Å². The molecule has 0 unspecified atom stereocenters. The molecule has 146 valence electrons. The van der Waals surface area contributed by atoms with E-state index in [1.807, 2.05) is 36.0 Å². The van der Waals surface area contributed by atoms with Crippen molar-refractivity contribution in [2.24, 2.45) is 0 Å². The van der Waals surface area contributed by atoms with Gasteiger partial charge in [0.2, 0.25) is 5.82 Å². The number of fused-ring (bicyclic) bond motifs is 1. The van der Waals surface area contributed by atoms with Gasteiger partial charge in [-0.3, -0.25) is 9.78 Å². The van der Waals surface area contributed by atoms with Gasteiger partial charge in [0.1, 0.15) is 11.5 Å². The quantitative estimate of drug-likeness (QED) is 0.677. The van der Waals surface area contributed by atoms with E-state index in [0.29, 0.717) is 35.8 Å². The Labute approximate surface area is 162 Å². The molecule has 1 aliphatic heterocycles. The molecule has 0 N–H and O–H groups in total. The van der Waals surface area contributed by atoms with E-state index < -0.39 is 0 Å². The first-order chi connectivity index (χ1) is 13.6. The zero-order chi connectivity index (χ0) is 19.7. The number of anilines is 1. The lowest BCUT2D eigenvalue weighted by Crippen LogP contribution is -2.40. The number of rotatable bonds is 4. The highest BCUT2D eigenvalue weighted by Crippen LogP contribution is 2.20. The predicted octanol–water partition coefficient (Wildman–Crippen LogP) is 1.50. The number of methoxy groups -OCH3 is 1. The van der Waals surface area contributed by atoms with E-state index in [2.05, 4.69) is 20.3 Å². The topological polar surface area (TPSA) is 88.8 Å². The number of carbonyl (C=O) groups is 1. The molecular formula is C19H23N7O2. The van der Waals surface area contributed by atoms with Crippen LogP contribution in [0.2, 0.25) is 0 Å².